The highest BCUT2D eigenvalue weighted by Crippen LogP contribution is 2.01. The number of amides is 2. The minimum atomic E-state index is -0.356. The summed E-state index contributed by atoms with van der Waals surface area (Å²) in [5.41, 5.74) is 0. The molecule has 2 N–H and O–H groups in total. The predicted octanol–water partition coefficient (Wildman–Crippen LogP) is -0.722. The van der Waals surface area contributed by atoms with Crippen molar-refractivity contribution in [2.24, 2.45) is 0 Å². The SMILES string of the molecule is O=C1CC(NCCCn2cccn2)C(=O)N1. The van der Waals surface area contributed by atoms with Crippen molar-refractivity contribution in [3.63, 3.8) is 0 Å². The summed E-state index contributed by atoms with van der Waals surface area (Å²) in [6.45, 7) is 1.51. The summed E-state index contributed by atoms with van der Waals surface area (Å²) in [4.78, 5) is 22.1. The van der Waals surface area contributed by atoms with E-state index in [2.05, 4.69) is 15.7 Å². The van der Waals surface area contributed by atoms with Crippen molar-refractivity contribution in [2.75, 3.05) is 6.54 Å². The molecule has 2 amide bonds. The van der Waals surface area contributed by atoms with Gasteiger partial charge in [0.05, 0.1) is 12.5 Å². The summed E-state index contributed by atoms with van der Waals surface area (Å²) in [5, 5.41) is 9.38. The number of nitrogens with one attached hydrogen (secondary N) is 2. The van der Waals surface area contributed by atoms with Gasteiger partial charge in [-0.2, -0.15) is 5.10 Å². The summed E-state index contributed by atoms with van der Waals surface area (Å²) in [7, 11) is 0. The van der Waals surface area contributed by atoms with Crippen LogP contribution in [0.1, 0.15) is 12.8 Å². The third-order valence-corrected chi connectivity index (χ3v) is 2.48. The Labute approximate surface area is 93.0 Å². The molecular weight excluding hydrogens is 208 g/mol. The number of aryl methyl sites for hydroxylation is 1. The molecule has 1 aromatic heterocycles. The van der Waals surface area contributed by atoms with E-state index < -0.39 is 0 Å². The second-order valence-corrected chi connectivity index (χ2v) is 3.75. The number of rotatable bonds is 5. The fourth-order valence-electron chi connectivity index (χ4n) is 1.67. The Morgan fingerprint density at radius 3 is 3.06 bits per heavy atom. The molecule has 1 aromatic rings. The van der Waals surface area contributed by atoms with Crippen LogP contribution in [0.3, 0.4) is 0 Å². The van der Waals surface area contributed by atoms with Gasteiger partial charge in [-0.15, -0.1) is 0 Å². The Morgan fingerprint density at radius 1 is 1.56 bits per heavy atom. The number of imide groups is 1. The minimum Gasteiger partial charge on any atom is -0.305 e. The Balaban J connectivity index is 1.65. The highest BCUT2D eigenvalue weighted by atomic mass is 16.2. The van der Waals surface area contributed by atoms with Crippen LogP contribution in [0.2, 0.25) is 0 Å². The monoisotopic (exact) mass is 222 g/mol. The second-order valence-electron chi connectivity index (χ2n) is 3.75. The maximum atomic E-state index is 11.2. The first-order valence-corrected chi connectivity index (χ1v) is 5.30. The standard InChI is InChI=1S/C10H14N4O2/c15-9-7-8(10(16)13-9)11-3-1-5-14-6-2-4-12-14/h2,4,6,8,11H,1,3,5,7H2,(H,13,15,16). The van der Waals surface area contributed by atoms with Crippen LogP contribution in [0, 0.1) is 0 Å². The van der Waals surface area contributed by atoms with Gasteiger partial charge in [-0.1, -0.05) is 0 Å². The zero-order valence-electron chi connectivity index (χ0n) is 8.85. The van der Waals surface area contributed by atoms with E-state index in [9.17, 15) is 9.59 Å². The molecule has 16 heavy (non-hydrogen) atoms. The van der Waals surface area contributed by atoms with Gasteiger partial charge >= 0.3 is 0 Å². The normalized spacial score (nSPS) is 20.1. The molecule has 2 heterocycles. The van der Waals surface area contributed by atoms with Gasteiger partial charge in [0, 0.05) is 18.9 Å². The molecule has 0 saturated carbocycles. The molecule has 6 heteroatoms. The Kier molecular flexibility index (Phi) is 3.31. The molecular formula is C10H14N4O2. The maximum absolute atomic E-state index is 11.2. The molecule has 0 spiro atoms. The lowest BCUT2D eigenvalue weighted by Crippen LogP contribution is -2.37. The van der Waals surface area contributed by atoms with Crippen LogP contribution in [0.5, 0.6) is 0 Å². The Hall–Kier alpha value is -1.69. The molecule has 1 unspecified atom stereocenters. The van der Waals surface area contributed by atoms with Crippen LogP contribution in [0.15, 0.2) is 18.5 Å². The van der Waals surface area contributed by atoms with E-state index >= 15 is 0 Å². The topological polar surface area (TPSA) is 76.0 Å². The summed E-state index contributed by atoms with van der Waals surface area (Å²) in [6.07, 6.45) is 4.75. The molecule has 1 fully saturated rings. The van der Waals surface area contributed by atoms with Gasteiger partial charge in [-0.3, -0.25) is 19.6 Å². The van der Waals surface area contributed by atoms with Crippen molar-refractivity contribution < 1.29 is 9.59 Å². The molecule has 86 valence electrons. The largest absolute Gasteiger partial charge is 0.305 e. The highest BCUT2D eigenvalue weighted by molar-refractivity contribution is 6.05. The van der Waals surface area contributed by atoms with E-state index in [1.807, 2.05) is 16.9 Å². The predicted molar refractivity (Wildman–Crippen MR) is 56.4 cm³/mol. The molecule has 1 atom stereocenters. The van der Waals surface area contributed by atoms with Gasteiger partial charge in [0.25, 0.3) is 0 Å². The van der Waals surface area contributed by atoms with Gasteiger partial charge in [-0.05, 0) is 19.0 Å². The number of carbonyl (C=O) groups is 2. The fraction of sp³-hybridized carbons (Fsp3) is 0.500. The van der Waals surface area contributed by atoms with Gasteiger partial charge < -0.3 is 5.32 Å². The molecule has 1 aliphatic rings. The van der Waals surface area contributed by atoms with Crippen molar-refractivity contribution in [1.29, 1.82) is 0 Å². The first-order chi connectivity index (χ1) is 7.75. The summed E-state index contributed by atoms with van der Waals surface area (Å²) in [6, 6.07) is 1.52. The van der Waals surface area contributed by atoms with E-state index in [1.165, 1.54) is 0 Å². The van der Waals surface area contributed by atoms with Crippen molar-refractivity contribution >= 4 is 11.8 Å². The van der Waals surface area contributed by atoms with Crippen LogP contribution >= 0.6 is 0 Å². The zero-order chi connectivity index (χ0) is 11.4. The molecule has 0 aromatic carbocycles. The van der Waals surface area contributed by atoms with E-state index in [0.717, 1.165) is 13.0 Å². The Bertz CT molecular complexity index is 374. The van der Waals surface area contributed by atoms with Crippen molar-refractivity contribution in [3.05, 3.63) is 18.5 Å². The van der Waals surface area contributed by atoms with Crippen LogP contribution in [-0.2, 0) is 16.1 Å². The number of hydrogen-bond acceptors (Lipinski definition) is 4. The van der Waals surface area contributed by atoms with Crippen LogP contribution in [-0.4, -0.2) is 34.2 Å². The highest BCUT2D eigenvalue weighted by Gasteiger charge is 2.29. The molecule has 0 bridgehead atoms. The van der Waals surface area contributed by atoms with E-state index in [1.54, 1.807) is 6.20 Å². The second kappa shape index (κ2) is 4.89. The van der Waals surface area contributed by atoms with Crippen LogP contribution < -0.4 is 10.6 Å². The average Bonchev–Trinajstić information content (AvgIpc) is 2.84. The van der Waals surface area contributed by atoms with Gasteiger partial charge in [0.1, 0.15) is 0 Å². The average molecular weight is 222 g/mol. The summed E-state index contributed by atoms with van der Waals surface area (Å²) < 4.78 is 1.83. The molecule has 1 aliphatic heterocycles. The van der Waals surface area contributed by atoms with Crippen molar-refractivity contribution in [2.45, 2.75) is 25.4 Å². The van der Waals surface area contributed by atoms with Gasteiger partial charge in [-0.25, -0.2) is 0 Å². The maximum Gasteiger partial charge on any atom is 0.244 e. The number of hydrogen-bond donors (Lipinski definition) is 2. The third-order valence-electron chi connectivity index (χ3n) is 2.48. The lowest BCUT2D eigenvalue weighted by Gasteiger charge is -2.08. The molecule has 6 nitrogen and oxygen atoms in total. The third kappa shape index (κ3) is 2.66. The molecule has 0 aliphatic carbocycles. The van der Waals surface area contributed by atoms with E-state index in [0.29, 0.717) is 6.54 Å². The molecule has 0 radical (unpaired) electrons. The zero-order valence-corrected chi connectivity index (χ0v) is 8.85. The molecule has 2 rings (SSSR count). The van der Waals surface area contributed by atoms with Crippen LogP contribution in [0.25, 0.3) is 0 Å². The molecule has 1 saturated heterocycles. The van der Waals surface area contributed by atoms with E-state index in [-0.39, 0.29) is 24.3 Å². The number of carbonyl (C=O) groups excluding carboxylic acids is 2. The lowest BCUT2D eigenvalue weighted by atomic mass is 10.2. The van der Waals surface area contributed by atoms with Crippen LogP contribution in [0.4, 0.5) is 0 Å². The van der Waals surface area contributed by atoms with Gasteiger partial charge in [0.15, 0.2) is 0 Å². The van der Waals surface area contributed by atoms with Gasteiger partial charge in [0.2, 0.25) is 11.8 Å². The summed E-state index contributed by atoms with van der Waals surface area (Å²) >= 11 is 0. The first-order valence-electron chi connectivity index (χ1n) is 5.30. The number of nitrogens with zero attached hydrogens (tertiary/aromatic N) is 2. The van der Waals surface area contributed by atoms with E-state index in [4.69, 9.17) is 0 Å². The smallest absolute Gasteiger partial charge is 0.244 e. The first kappa shape index (κ1) is 10.8. The van der Waals surface area contributed by atoms with Crippen molar-refractivity contribution in [3.8, 4) is 0 Å². The number of aromatic nitrogens is 2. The lowest BCUT2D eigenvalue weighted by molar-refractivity contribution is -0.125. The Morgan fingerprint density at radius 2 is 2.44 bits per heavy atom. The quantitative estimate of drug-likeness (QED) is 0.509. The minimum absolute atomic E-state index is 0.199. The summed E-state index contributed by atoms with van der Waals surface area (Å²) in [5.74, 6) is -0.418. The van der Waals surface area contributed by atoms with Crippen molar-refractivity contribution in [1.82, 2.24) is 20.4 Å². The fourth-order valence-corrected chi connectivity index (χ4v) is 1.67.